The standard InChI is InChI=1S/C17H28O4SSi/c1-5-19-23(20-6-2,21-7-3)15-11-14-22(18)16(4)17-12-9-8-10-13-17/h8-10,12-13H,4-7,11,14-15H2,1-3H3/t22-/m0/s1. The third-order valence-corrected chi connectivity index (χ3v) is 7.87. The molecular weight excluding hydrogens is 328 g/mol. The van der Waals surface area contributed by atoms with Crippen LogP contribution in [0.5, 0.6) is 0 Å². The fourth-order valence-corrected chi connectivity index (χ4v) is 6.22. The summed E-state index contributed by atoms with van der Waals surface area (Å²) in [6.07, 6.45) is 0.727. The zero-order chi connectivity index (χ0) is 17.1. The van der Waals surface area contributed by atoms with E-state index in [-0.39, 0.29) is 0 Å². The quantitative estimate of drug-likeness (QED) is 0.534. The van der Waals surface area contributed by atoms with Gasteiger partial charge in [-0.15, -0.1) is 0 Å². The minimum absolute atomic E-state index is 0.537. The highest BCUT2D eigenvalue weighted by Gasteiger charge is 2.39. The Balaban J connectivity index is 2.58. The Morgan fingerprint density at radius 1 is 1.04 bits per heavy atom. The fourth-order valence-electron chi connectivity index (χ4n) is 2.30. The lowest BCUT2D eigenvalue weighted by Gasteiger charge is -2.28. The smallest absolute Gasteiger partial charge is 0.374 e. The third-order valence-electron chi connectivity index (χ3n) is 3.28. The average molecular weight is 357 g/mol. The van der Waals surface area contributed by atoms with E-state index in [1.807, 2.05) is 51.1 Å². The van der Waals surface area contributed by atoms with Crippen molar-refractivity contribution in [2.24, 2.45) is 0 Å². The summed E-state index contributed by atoms with van der Waals surface area (Å²) in [5.74, 6) is 0.537. The predicted molar refractivity (Wildman–Crippen MR) is 98.5 cm³/mol. The van der Waals surface area contributed by atoms with Gasteiger partial charge in [0.1, 0.15) is 0 Å². The van der Waals surface area contributed by atoms with Crippen molar-refractivity contribution in [1.82, 2.24) is 0 Å². The second-order valence-corrected chi connectivity index (χ2v) is 9.25. The molecule has 0 amide bonds. The molecule has 1 aromatic carbocycles. The second-order valence-electron chi connectivity index (χ2n) is 4.92. The van der Waals surface area contributed by atoms with Gasteiger partial charge in [0.05, 0.1) is 10.8 Å². The molecule has 0 aliphatic rings. The first-order valence-electron chi connectivity index (χ1n) is 8.13. The van der Waals surface area contributed by atoms with Crippen LogP contribution in [0.4, 0.5) is 0 Å². The van der Waals surface area contributed by atoms with Gasteiger partial charge >= 0.3 is 8.80 Å². The molecule has 0 bridgehead atoms. The Morgan fingerprint density at radius 3 is 2.04 bits per heavy atom. The molecule has 0 aliphatic heterocycles. The summed E-state index contributed by atoms with van der Waals surface area (Å²) in [5.41, 5.74) is 0.925. The van der Waals surface area contributed by atoms with Crippen LogP contribution < -0.4 is 0 Å². The molecule has 130 valence electrons. The van der Waals surface area contributed by atoms with Crippen molar-refractivity contribution in [3.05, 3.63) is 42.5 Å². The topological polar surface area (TPSA) is 44.8 Å². The predicted octanol–water partition coefficient (Wildman–Crippen LogP) is 3.84. The van der Waals surface area contributed by atoms with Gasteiger partial charge in [-0.25, -0.2) is 0 Å². The molecule has 0 saturated heterocycles. The van der Waals surface area contributed by atoms with Gasteiger partial charge in [-0.3, -0.25) is 4.21 Å². The van der Waals surface area contributed by atoms with Gasteiger partial charge in [0.2, 0.25) is 0 Å². The molecule has 0 N–H and O–H groups in total. The maximum absolute atomic E-state index is 12.4. The maximum atomic E-state index is 12.4. The van der Waals surface area contributed by atoms with Crippen molar-refractivity contribution in [2.75, 3.05) is 25.6 Å². The molecule has 1 atom stereocenters. The van der Waals surface area contributed by atoms with E-state index in [2.05, 4.69) is 6.58 Å². The summed E-state index contributed by atoms with van der Waals surface area (Å²) in [6, 6.07) is 10.3. The molecule has 6 heteroatoms. The third kappa shape index (κ3) is 6.69. The maximum Gasteiger partial charge on any atom is 0.500 e. The van der Waals surface area contributed by atoms with Gasteiger partial charge in [-0.1, -0.05) is 36.9 Å². The summed E-state index contributed by atoms with van der Waals surface area (Å²) in [7, 11) is -3.74. The van der Waals surface area contributed by atoms with Gasteiger partial charge in [-0.2, -0.15) is 0 Å². The number of benzene rings is 1. The van der Waals surface area contributed by atoms with Crippen LogP contribution in [0.3, 0.4) is 0 Å². The molecule has 0 unspecified atom stereocenters. The summed E-state index contributed by atoms with van der Waals surface area (Å²) < 4.78 is 29.8. The first kappa shape index (κ1) is 20.3. The Morgan fingerprint density at radius 2 is 1.57 bits per heavy atom. The Kier molecular flexibility index (Phi) is 9.58. The Bertz CT molecular complexity index is 476. The molecule has 0 aromatic heterocycles. The first-order chi connectivity index (χ1) is 11.1. The summed E-state index contributed by atoms with van der Waals surface area (Å²) in [6.45, 7) is 11.5. The highest BCUT2D eigenvalue weighted by Crippen LogP contribution is 2.21. The van der Waals surface area contributed by atoms with Crippen molar-refractivity contribution >= 4 is 24.5 Å². The minimum atomic E-state index is -2.64. The molecule has 0 radical (unpaired) electrons. The van der Waals surface area contributed by atoms with Crippen LogP contribution in [-0.2, 0) is 24.1 Å². The molecule has 0 saturated carbocycles. The van der Waals surface area contributed by atoms with E-state index in [0.29, 0.717) is 36.5 Å². The van der Waals surface area contributed by atoms with Gasteiger partial charge in [-0.05, 0) is 32.8 Å². The highest BCUT2D eigenvalue weighted by atomic mass is 32.2. The zero-order valence-electron chi connectivity index (χ0n) is 14.4. The van der Waals surface area contributed by atoms with Crippen LogP contribution in [0, 0.1) is 0 Å². The molecule has 1 rings (SSSR count). The van der Waals surface area contributed by atoms with Crippen LogP contribution in [0.15, 0.2) is 36.9 Å². The van der Waals surface area contributed by atoms with Gasteiger partial charge in [0.25, 0.3) is 0 Å². The Hall–Kier alpha value is -0.793. The number of hydrogen-bond donors (Lipinski definition) is 0. The van der Waals surface area contributed by atoms with E-state index >= 15 is 0 Å². The van der Waals surface area contributed by atoms with Crippen LogP contribution in [0.25, 0.3) is 4.91 Å². The largest absolute Gasteiger partial charge is 0.500 e. The van der Waals surface area contributed by atoms with Crippen molar-refractivity contribution in [1.29, 1.82) is 0 Å². The van der Waals surface area contributed by atoms with Crippen molar-refractivity contribution in [3.8, 4) is 0 Å². The molecule has 0 fully saturated rings. The molecule has 0 aliphatic carbocycles. The van der Waals surface area contributed by atoms with Crippen molar-refractivity contribution < 1.29 is 17.5 Å². The van der Waals surface area contributed by atoms with Gasteiger partial charge in [0, 0.05) is 36.5 Å². The molecule has 23 heavy (non-hydrogen) atoms. The average Bonchev–Trinajstić information content (AvgIpc) is 2.55. The zero-order valence-corrected chi connectivity index (χ0v) is 16.2. The van der Waals surface area contributed by atoms with E-state index in [9.17, 15) is 4.21 Å². The van der Waals surface area contributed by atoms with E-state index in [1.54, 1.807) is 0 Å². The van der Waals surface area contributed by atoms with Crippen LogP contribution in [0.1, 0.15) is 32.8 Å². The van der Waals surface area contributed by atoms with E-state index in [1.165, 1.54) is 0 Å². The highest BCUT2D eigenvalue weighted by molar-refractivity contribution is 7.94. The lowest BCUT2D eigenvalue weighted by atomic mass is 10.2. The monoisotopic (exact) mass is 356 g/mol. The van der Waals surface area contributed by atoms with Crippen LogP contribution in [-0.4, -0.2) is 38.6 Å². The minimum Gasteiger partial charge on any atom is -0.374 e. The first-order valence-corrected chi connectivity index (χ1v) is 11.4. The summed E-state index contributed by atoms with van der Waals surface area (Å²) >= 11 is 0. The molecule has 0 heterocycles. The van der Waals surface area contributed by atoms with E-state index in [0.717, 1.165) is 12.0 Å². The molecular formula is C17H28O4SSi. The summed E-state index contributed by atoms with van der Waals surface area (Å²) in [5, 5.41) is 0. The SMILES string of the molecule is C=C(c1ccccc1)[S@@](=O)CCC[Si](OCC)(OCC)OCC. The van der Waals surface area contributed by atoms with Gasteiger partial charge < -0.3 is 13.3 Å². The molecule has 0 spiro atoms. The number of rotatable bonds is 12. The number of hydrogen-bond acceptors (Lipinski definition) is 4. The lowest BCUT2D eigenvalue weighted by Crippen LogP contribution is -2.46. The van der Waals surface area contributed by atoms with E-state index in [4.69, 9.17) is 13.3 Å². The van der Waals surface area contributed by atoms with Crippen LogP contribution in [0.2, 0.25) is 6.04 Å². The van der Waals surface area contributed by atoms with E-state index < -0.39 is 19.6 Å². The second kappa shape index (κ2) is 10.9. The van der Waals surface area contributed by atoms with Crippen molar-refractivity contribution in [3.63, 3.8) is 0 Å². The fraction of sp³-hybridized carbons (Fsp3) is 0.529. The lowest BCUT2D eigenvalue weighted by molar-refractivity contribution is 0.0712. The normalized spacial score (nSPS) is 13.0. The Labute approximate surface area is 143 Å². The molecule has 4 nitrogen and oxygen atoms in total. The molecule has 1 aromatic rings. The van der Waals surface area contributed by atoms with Crippen LogP contribution >= 0.6 is 0 Å². The van der Waals surface area contributed by atoms with Gasteiger partial charge in [0.15, 0.2) is 0 Å². The van der Waals surface area contributed by atoms with Crippen molar-refractivity contribution in [2.45, 2.75) is 33.2 Å². The summed E-state index contributed by atoms with van der Waals surface area (Å²) in [4.78, 5) is 0.669.